The Balaban J connectivity index is 1.55. The average molecular weight is 378 g/mol. The van der Waals surface area contributed by atoms with Crippen molar-refractivity contribution in [2.24, 2.45) is 0 Å². The number of fused-ring (bicyclic) bond motifs is 1. The number of aromatic amines is 1. The van der Waals surface area contributed by atoms with E-state index in [-0.39, 0.29) is 17.7 Å². The van der Waals surface area contributed by atoms with Gasteiger partial charge >= 0.3 is 0 Å². The quantitative estimate of drug-likeness (QED) is 0.662. The lowest BCUT2D eigenvalue weighted by Crippen LogP contribution is -2.30. The molecule has 0 radical (unpaired) electrons. The second-order valence-electron chi connectivity index (χ2n) is 7.17. The number of pyridine rings is 1. The molecule has 0 amide bonds. The van der Waals surface area contributed by atoms with E-state index >= 15 is 0 Å². The van der Waals surface area contributed by atoms with E-state index in [0.717, 1.165) is 42.2 Å². The first-order valence-electron chi connectivity index (χ1n) is 9.46. The van der Waals surface area contributed by atoms with Crippen molar-refractivity contribution in [2.45, 2.75) is 44.8 Å². The summed E-state index contributed by atoms with van der Waals surface area (Å²) >= 11 is 0. The van der Waals surface area contributed by atoms with Crippen LogP contribution < -0.4 is 10.9 Å². The highest BCUT2D eigenvalue weighted by Crippen LogP contribution is 2.24. The van der Waals surface area contributed by atoms with Crippen molar-refractivity contribution in [3.63, 3.8) is 0 Å². The van der Waals surface area contributed by atoms with Gasteiger partial charge in [-0.3, -0.25) is 9.59 Å². The van der Waals surface area contributed by atoms with Crippen molar-refractivity contribution >= 4 is 23.5 Å². The van der Waals surface area contributed by atoms with Crippen LogP contribution in [0.25, 0.3) is 22.2 Å². The summed E-state index contributed by atoms with van der Waals surface area (Å²) in [6.07, 6.45) is 5.13. The van der Waals surface area contributed by atoms with Gasteiger partial charge in [0.2, 0.25) is 5.95 Å². The maximum atomic E-state index is 12.6. The third-order valence-corrected chi connectivity index (χ3v) is 5.28. The van der Waals surface area contributed by atoms with Crippen LogP contribution >= 0.6 is 0 Å². The Kier molecular flexibility index (Phi) is 5.06. The van der Waals surface area contributed by atoms with Crippen LogP contribution in [0.5, 0.6) is 0 Å². The predicted octanol–water partition coefficient (Wildman–Crippen LogP) is 3.19. The number of carbonyl (C=O) groups is 1. The van der Waals surface area contributed by atoms with Gasteiger partial charge in [-0.25, -0.2) is 4.98 Å². The molecule has 3 aromatic rings. The molecule has 4 rings (SSSR count). The van der Waals surface area contributed by atoms with Crippen LogP contribution in [0.3, 0.4) is 0 Å². The minimum absolute atomic E-state index is 0.00397. The number of aromatic nitrogens is 3. The number of carbonyl (C=O) groups excluding carboxylic acids is 1. The highest BCUT2D eigenvalue weighted by atomic mass is 16.5. The molecule has 2 N–H and O–H groups in total. The molecule has 0 aliphatic heterocycles. The molecule has 0 spiro atoms. The van der Waals surface area contributed by atoms with Gasteiger partial charge in [-0.15, -0.1) is 0 Å². The van der Waals surface area contributed by atoms with Gasteiger partial charge in [0.15, 0.2) is 0 Å². The number of rotatable bonds is 5. The van der Waals surface area contributed by atoms with Crippen molar-refractivity contribution in [3.8, 4) is 11.1 Å². The molecule has 28 heavy (non-hydrogen) atoms. The number of nitrogens with one attached hydrogen (secondary N) is 2. The van der Waals surface area contributed by atoms with Gasteiger partial charge in [0, 0.05) is 23.2 Å². The van der Waals surface area contributed by atoms with Crippen molar-refractivity contribution < 1.29 is 9.53 Å². The zero-order chi connectivity index (χ0) is 19.5. The summed E-state index contributed by atoms with van der Waals surface area (Å²) in [5, 5.41) is 4.11. The molecule has 1 saturated carbocycles. The maximum Gasteiger partial charge on any atom is 0.293 e. The molecular formula is C21H22N4O3. The van der Waals surface area contributed by atoms with Gasteiger partial charge in [-0.05, 0) is 49.8 Å². The van der Waals surface area contributed by atoms with Crippen LogP contribution in [0.4, 0.5) is 5.95 Å². The van der Waals surface area contributed by atoms with Gasteiger partial charge in [-0.1, -0.05) is 24.3 Å². The molecule has 2 aromatic heterocycles. The number of ether oxygens (including phenoxy) is 1. The Morgan fingerprint density at radius 1 is 1.18 bits per heavy atom. The van der Waals surface area contributed by atoms with Gasteiger partial charge in [0.25, 0.3) is 12.0 Å². The molecule has 0 bridgehead atoms. The molecule has 1 aliphatic carbocycles. The van der Waals surface area contributed by atoms with Crippen LogP contribution in [-0.2, 0) is 9.53 Å². The van der Waals surface area contributed by atoms with Crippen LogP contribution in [0.1, 0.15) is 31.2 Å². The number of benzene rings is 1. The van der Waals surface area contributed by atoms with E-state index in [1.807, 2.05) is 37.3 Å². The largest absolute Gasteiger partial charge is 0.465 e. The number of aryl methyl sites for hydroxylation is 1. The van der Waals surface area contributed by atoms with Crippen LogP contribution in [0.15, 0.2) is 41.3 Å². The molecule has 1 aliphatic rings. The van der Waals surface area contributed by atoms with Gasteiger partial charge in [0.05, 0.1) is 0 Å². The lowest BCUT2D eigenvalue weighted by molar-refractivity contribution is -0.134. The first-order chi connectivity index (χ1) is 13.6. The zero-order valence-electron chi connectivity index (χ0n) is 15.6. The first kappa shape index (κ1) is 18.2. The minimum atomic E-state index is -0.169. The molecule has 1 fully saturated rings. The van der Waals surface area contributed by atoms with E-state index in [0.29, 0.717) is 23.6 Å². The van der Waals surface area contributed by atoms with Crippen molar-refractivity contribution in [2.75, 3.05) is 5.32 Å². The van der Waals surface area contributed by atoms with Crippen LogP contribution in [0, 0.1) is 6.92 Å². The number of hydrogen-bond donors (Lipinski definition) is 2. The highest BCUT2D eigenvalue weighted by Gasteiger charge is 2.22. The fourth-order valence-electron chi connectivity index (χ4n) is 3.74. The monoisotopic (exact) mass is 378 g/mol. The van der Waals surface area contributed by atoms with Crippen molar-refractivity contribution in [1.29, 1.82) is 0 Å². The summed E-state index contributed by atoms with van der Waals surface area (Å²) in [5.74, 6) is 0.492. The van der Waals surface area contributed by atoms with E-state index in [2.05, 4.69) is 20.3 Å². The topological polar surface area (TPSA) is 97.0 Å². The summed E-state index contributed by atoms with van der Waals surface area (Å²) in [4.78, 5) is 34.8. The summed E-state index contributed by atoms with van der Waals surface area (Å²) in [7, 11) is 0. The van der Waals surface area contributed by atoms with Gasteiger partial charge in [-0.2, -0.15) is 4.98 Å². The maximum absolute atomic E-state index is 12.6. The van der Waals surface area contributed by atoms with Crippen molar-refractivity contribution in [3.05, 3.63) is 52.4 Å². The molecule has 0 saturated heterocycles. The Labute approximate surface area is 162 Å². The Morgan fingerprint density at radius 3 is 2.71 bits per heavy atom. The van der Waals surface area contributed by atoms with E-state index in [1.54, 1.807) is 6.20 Å². The molecule has 0 atom stereocenters. The van der Waals surface area contributed by atoms with Crippen LogP contribution in [-0.4, -0.2) is 33.6 Å². The minimum Gasteiger partial charge on any atom is -0.465 e. The average Bonchev–Trinajstić information content (AvgIpc) is 2.70. The van der Waals surface area contributed by atoms with Crippen molar-refractivity contribution in [1.82, 2.24) is 15.0 Å². The standard InChI is InChI=1S/C21H22N4O3/c1-13-4-2-3-5-17(13)18-10-14-11-22-21(25-19(14)24-20(18)27)23-15-6-8-16(9-7-15)28-12-26/h2-5,10-12,15-16H,6-9H2,1H3,(H2,22,23,24,25,27). The second kappa shape index (κ2) is 7.80. The number of hydrogen-bond acceptors (Lipinski definition) is 6. The summed E-state index contributed by atoms with van der Waals surface area (Å²) in [6, 6.07) is 9.85. The number of anilines is 1. The summed E-state index contributed by atoms with van der Waals surface area (Å²) < 4.78 is 5.03. The SMILES string of the molecule is Cc1ccccc1-c1cc2cnc(NC3CCC(OC=O)CC3)nc2[nH]c1=O. The highest BCUT2D eigenvalue weighted by molar-refractivity contribution is 5.81. The van der Waals surface area contributed by atoms with Crippen LogP contribution in [0.2, 0.25) is 0 Å². The Morgan fingerprint density at radius 2 is 1.96 bits per heavy atom. The summed E-state index contributed by atoms with van der Waals surface area (Å²) in [6.45, 7) is 2.50. The van der Waals surface area contributed by atoms with E-state index in [4.69, 9.17) is 4.74 Å². The van der Waals surface area contributed by atoms with Gasteiger partial charge < -0.3 is 15.0 Å². The molecule has 1 aromatic carbocycles. The number of nitrogens with zero attached hydrogens (tertiary/aromatic N) is 2. The third kappa shape index (κ3) is 3.74. The zero-order valence-corrected chi connectivity index (χ0v) is 15.6. The van der Waals surface area contributed by atoms with E-state index in [9.17, 15) is 9.59 Å². The van der Waals surface area contributed by atoms with E-state index < -0.39 is 0 Å². The number of H-pyrrole nitrogens is 1. The lowest BCUT2D eigenvalue weighted by Gasteiger charge is -2.27. The molecular weight excluding hydrogens is 356 g/mol. The summed E-state index contributed by atoms with van der Waals surface area (Å²) in [5.41, 5.74) is 2.90. The Hall–Kier alpha value is -3.22. The smallest absolute Gasteiger partial charge is 0.293 e. The van der Waals surface area contributed by atoms with Gasteiger partial charge in [0.1, 0.15) is 11.8 Å². The normalized spacial score (nSPS) is 19.3. The molecule has 7 heteroatoms. The Bertz CT molecular complexity index is 1050. The fraction of sp³-hybridized carbons (Fsp3) is 0.333. The lowest BCUT2D eigenvalue weighted by atomic mass is 9.93. The second-order valence-corrected chi connectivity index (χ2v) is 7.17. The fourth-order valence-corrected chi connectivity index (χ4v) is 3.74. The molecule has 144 valence electrons. The molecule has 2 heterocycles. The van der Waals surface area contributed by atoms with E-state index in [1.165, 1.54) is 0 Å². The molecule has 7 nitrogen and oxygen atoms in total. The predicted molar refractivity (Wildman–Crippen MR) is 107 cm³/mol. The first-order valence-corrected chi connectivity index (χ1v) is 9.46. The third-order valence-electron chi connectivity index (χ3n) is 5.28. The molecule has 0 unspecified atom stereocenters.